The smallest absolute Gasteiger partial charge is 0.251 e. The van der Waals surface area contributed by atoms with Crippen LogP contribution in [0.2, 0.25) is 0 Å². The van der Waals surface area contributed by atoms with Crippen LogP contribution in [0.4, 0.5) is 0 Å². The molecule has 1 amide bonds. The van der Waals surface area contributed by atoms with Crippen LogP contribution in [0.15, 0.2) is 78.9 Å². The van der Waals surface area contributed by atoms with Crippen LogP contribution in [0.5, 0.6) is 17.2 Å². The van der Waals surface area contributed by atoms with Crippen molar-refractivity contribution in [1.29, 1.82) is 0 Å². The van der Waals surface area contributed by atoms with Gasteiger partial charge < -0.3 is 14.8 Å². The SMILES string of the molecule is COc1ccc(Oc2ccc(C(=O)NCc3ccccc3)cc2)cc1. The molecule has 0 spiro atoms. The molecule has 0 atom stereocenters. The Hall–Kier alpha value is -3.27. The third-order valence-corrected chi connectivity index (χ3v) is 3.71. The minimum atomic E-state index is -0.111. The van der Waals surface area contributed by atoms with Crippen molar-refractivity contribution in [3.63, 3.8) is 0 Å². The predicted molar refractivity (Wildman–Crippen MR) is 97.1 cm³/mol. The summed E-state index contributed by atoms with van der Waals surface area (Å²) in [5.74, 6) is 2.05. The van der Waals surface area contributed by atoms with Crippen LogP contribution in [-0.2, 0) is 6.54 Å². The fourth-order valence-corrected chi connectivity index (χ4v) is 2.33. The van der Waals surface area contributed by atoms with Crippen LogP contribution in [-0.4, -0.2) is 13.0 Å². The largest absolute Gasteiger partial charge is 0.497 e. The Labute approximate surface area is 147 Å². The maximum atomic E-state index is 12.2. The van der Waals surface area contributed by atoms with Gasteiger partial charge in [0, 0.05) is 12.1 Å². The van der Waals surface area contributed by atoms with Gasteiger partial charge in [0.05, 0.1) is 7.11 Å². The third-order valence-electron chi connectivity index (χ3n) is 3.71. The highest BCUT2D eigenvalue weighted by Gasteiger charge is 2.06. The van der Waals surface area contributed by atoms with E-state index in [9.17, 15) is 4.79 Å². The molecule has 0 saturated heterocycles. The maximum Gasteiger partial charge on any atom is 0.251 e. The van der Waals surface area contributed by atoms with Gasteiger partial charge in [-0.05, 0) is 54.1 Å². The number of nitrogens with one attached hydrogen (secondary N) is 1. The number of methoxy groups -OCH3 is 1. The number of amides is 1. The lowest BCUT2D eigenvalue weighted by molar-refractivity contribution is 0.0951. The Balaban J connectivity index is 1.58. The van der Waals surface area contributed by atoms with Gasteiger partial charge in [-0.25, -0.2) is 0 Å². The molecule has 0 radical (unpaired) electrons. The molecule has 3 rings (SSSR count). The Morgan fingerprint density at radius 2 is 1.36 bits per heavy atom. The first-order chi connectivity index (χ1) is 12.2. The highest BCUT2D eigenvalue weighted by Crippen LogP contribution is 2.24. The summed E-state index contributed by atoms with van der Waals surface area (Å²) in [7, 11) is 1.62. The third kappa shape index (κ3) is 4.61. The van der Waals surface area contributed by atoms with Gasteiger partial charge in [-0.1, -0.05) is 30.3 Å². The van der Waals surface area contributed by atoms with E-state index in [2.05, 4.69) is 5.32 Å². The van der Waals surface area contributed by atoms with Crippen LogP contribution >= 0.6 is 0 Å². The van der Waals surface area contributed by atoms with E-state index in [1.165, 1.54) is 0 Å². The zero-order valence-corrected chi connectivity index (χ0v) is 13.9. The van der Waals surface area contributed by atoms with E-state index >= 15 is 0 Å². The lowest BCUT2D eigenvalue weighted by Gasteiger charge is -2.08. The summed E-state index contributed by atoms with van der Waals surface area (Å²) in [4.78, 5) is 12.2. The summed E-state index contributed by atoms with van der Waals surface area (Å²) < 4.78 is 10.9. The number of hydrogen-bond donors (Lipinski definition) is 1. The van der Waals surface area contributed by atoms with Gasteiger partial charge in [0.1, 0.15) is 17.2 Å². The first-order valence-electron chi connectivity index (χ1n) is 7.99. The molecule has 126 valence electrons. The number of hydrogen-bond acceptors (Lipinski definition) is 3. The standard InChI is InChI=1S/C21H19NO3/c1-24-18-11-13-20(14-12-18)25-19-9-7-17(8-10-19)21(23)22-15-16-5-3-2-4-6-16/h2-14H,15H2,1H3,(H,22,23). The van der Waals surface area contributed by atoms with Crippen molar-refractivity contribution in [2.75, 3.05) is 7.11 Å². The summed E-state index contributed by atoms with van der Waals surface area (Å²) in [6, 6.07) is 24.2. The van der Waals surface area contributed by atoms with Crippen molar-refractivity contribution in [1.82, 2.24) is 5.32 Å². The van der Waals surface area contributed by atoms with Crippen molar-refractivity contribution < 1.29 is 14.3 Å². The molecular formula is C21H19NO3. The Morgan fingerprint density at radius 3 is 1.96 bits per heavy atom. The molecule has 3 aromatic rings. The molecule has 0 saturated carbocycles. The van der Waals surface area contributed by atoms with Crippen molar-refractivity contribution in [3.8, 4) is 17.2 Å². The Kier molecular flexibility index (Phi) is 5.32. The van der Waals surface area contributed by atoms with Gasteiger partial charge in [-0.2, -0.15) is 0 Å². The van der Waals surface area contributed by atoms with Crippen molar-refractivity contribution in [2.24, 2.45) is 0 Å². The van der Waals surface area contributed by atoms with E-state index in [1.54, 1.807) is 31.4 Å². The highest BCUT2D eigenvalue weighted by atomic mass is 16.5. The van der Waals surface area contributed by atoms with Crippen molar-refractivity contribution in [3.05, 3.63) is 90.0 Å². The number of carbonyl (C=O) groups excluding carboxylic acids is 1. The number of ether oxygens (including phenoxy) is 2. The molecule has 0 unspecified atom stereocenters. The molecule has 0 aliphatic carbocycles. The second kappa shape index (κ2) is 8.02. The second-order valence-electron chi connectivity index (χ2n) is 5.47. The molecule has 0 fully saturated rings. The van der Waals surface area contributed by atoms with Crippen LogP contribution in [0.3, 0.4) is 0 Å². The van der Waals surface area contributed by atoms with Gasteiger partial charge in [0.2, 0.25) is 0 Å². The Morgan fingerprint density at radius 1 is 0.800 bits per heavy atom. The molecule has 4 heteroatoms. The number of carbonyl (C=O) groups is 1. The fourth-order valence-electron chi connectivity index (χ4n) is 2.33. The van der Waals surface area contributed by atoms with Crippen LogP contribution in [0.25, 0.3) is 0 Å². The Bertz CT molecular complexity index is 812. The zero-order chi connectivity index (χ0) is 17.5. The lowest BCUT2D eigenvalue weighted by Crippen LogP contribution is -2.22. The van der Waals surface area contributed by atoms with Gasteiger partial charge in [-0.15, -0.1) is 0 Å². The van der Waals surface area contributed by atoms with Crippen LogP contribution in [0.1, 0.15) is 15.9 Å². The van der Waals surface area contributed by atoms with Gasteiger partial charge in [-0.3, -0.25) is 4.79 Å². The summed E-state index contributed by atoms with van der Waals surface area (Å²) in [6.45, 7) is 0.504. The molecule has 0 aliphatic heterocycles. The van der Waals surface area contributed by atoms with Crippen molar-refractivity contribution >= 4 is 5.91 Å². The van der Waals surface area contributed by atoms with Gasteiger partial charge in [0.25, 0.3) is 5.91 Å². The summed E-state index contributed by atoms with van der Waals surface area (Å²) in [5, 5.41) is 2.90. The van der Waals surface area contributed by atoms with Crippen LogP contribution in [0, 0.1) is 0 Å². The molecule has 0 bridgehead atoms. The molecule has 25 heavy (non-hydrogen) atoms. The molecule has 0 heterocycles. The van der Waals surface area contributed by atoms with E-state index in [1.807, 2.05) is 54.6 Å². The first-order valence-corrected chi connectivity index (χ1v) is 7.99. The topological polar surface area (TPSA) is 47.6 Å². The molecule has 0 aromatic heterocycles. The quantitative estimate of drug-likeness (QED) is 0.726. The normalized spacial score (nSPS) is 10.1. The average Bonchev–Trinajstić information content (AvgIpc) is 2.68. The van der Waals surface area contributed by atoms with E-state index in [4.69, 9.17) is 9.47 Å². The maximum absolute atomic E-state index is 12.2. The van der Waals surface area contributed by atoms with Gasteiger partial charge >= 0.3 is 0 Å². The minimum Gasteiger partial charge on any atom is -0.497 e. The zero-order valence-electron chi connectivity index (χ0n) is 13.9. The summed E-state index contributed by atoms with van der Waals surface area (Å²) >= 11 is 0. The minimum absolute atomic E-state index is 0.111. The van der Waals surface area contributed by atoms with Crippen molar-refractivity contribution in [2.45, 2.75) is 6.54 Å². The molecule has 4 nitrogen and oxygen atoms in total. The molecule has 0 aliphatic rings. The van der Waals surface area contributed by atoms with E-state index in [0.717, 1.165) is 11.3 Å². The molecular weight excluding hydrogens is 314 g/mol. The fraction of sp³-hybridized carbons (Fsp3) is 0.0952. The summed E-state index contributed by atoms with van der Waals surface area (Å²) in [6.07, 6.45) is 0. The number of rotatable bonds is 6. The number of benzene rings is 3. The summed E-state index contributed by atoms with van der Waals surface area (Å²) in [5.41, 5.74) is 1.66. The van der Waals surface area contributed by atoms with Crippen LogP contribution < -0.4 is 14.8 Å². The monoisotopic (exact) mass is 333 g/mol. The van der Waals surface area contributed by atoms with E-state index in [0.29, 0.717) is 23.6 Å². The predicted octanol–water partition coefficient (Wildman–Crippen LogP) is 4.42. The lowest BCUT2D eigenvalue weighted by atomic mass is 10.2. The molecule has 1 N–H and O–H groups in total. The molecule has 3 aromatic carbocycles. The van der Waals surface area contributed by atoms with Gasteiger partial charge in [0.15, 0.2) is 0 Å². The van der Waals surface area contributed by atoms with E-state index < -0.39 is 0 Å². The van der Waals surface area contributed by atoms with E-state index in [-0.39, 0.29) is 5.91 Å². The second-order valence-corrected chi connectivity index (χ2v) is 5.47. The first kappa shape index (κ1) is 16.6. The highest BCUT2D eigenvalue weighted by molar-refractivity contribution is 5.94. The average molecular weight is 333 g/mol.